The third-order valence-electron chi connectivity index (χ3n) is 4.23. The number of hydrogen-bond donors (Lipinski definition) is 2. The van der Waals surface area contributed by atoms with Gasteiger partial charge in [-0.15, -0.1) is 0 Å². The molecule has 26 heavy (non-hydrogen) atoms. The molecule has 1 aliphatic heterocycles. The number of rotatable bonds is 3. The van der Waals surface area contributed by atoms with Crippen LogP contribution in [0.25, 0.3) is 0 Å². The van der Waals surface area contributed by atoms with Crippen molar-refractivity contribution in [2.24, 2.45) is 5.92 Å². The van der Waals surface area contributed by atoms with Gasteiger partial charge in [0.1, 0.15) is 5.82 Å². The second-order valence-corrected chi connectivity index (χ2v) is 6.17. The van der Waals surface area contributed by atoms with E-state index in [-0.39, 0.29) is 24.6 Å². The van der Waals surface area contributed by atoms with Crippen molar-refractivity contribution in [1.82, 2.24) is 10.9 Å². The predicted octanol–water partition coefficient (Wildman–Crippen LogP) is 1.95. The van der Waals surface area contributed by atoms with Crippen LogP contribution in [0.5, 0.6) is 0 Å². The first-order chi connectivity index (χ1) is 12.5. The highest BCUT2D eigenvalue weighted by Gasteiger charge is 2.36. The summed E-state index contributed by atoms with van der Waals surface area (Å²) in [5.74, 6) is -2.44. The van der Waals surface area contributed by atoms with Gasteiger partial charge in [0.05, 0.1) is 11.6 Å². The molecular formula is C19H18FN3O3. The maximum absolute atomic E-state index is 14.1. The van der Waals surface area contributed by atoms with Crippen LogP contribution >= 0.6 is 0 Å². The molecule has 0 bridgehead atoms. The van der Waals surface area contributed by atoms with Gasteiger partial charge in [0.25, 0.3) is 5.91 Å². The Labute approximate surface area is 150 Å². The van der Waals surface area contributed by atoms with Gasteiger partial charge in [-0.25, -0.2) is 4.39 Å². The number of benzene rings is 2. The molecule has 0 radical (unpaired) electrons. The van der Waals surface area contributed by atoms with Gasteiger partial charge in [-0.1, -0.05) is 24.3 Å². The van der Waals surface area contributed by atoms with Crippen molar-refractivity contribution in [2.45, 2.75) is 13.3 Å². The zero-order valence-electron chi connectivity index (χ0n) is 14.2. The van der Waals surface area contributed by atoms with Crippen LogP contribution in [0.1, 0.15) is 22.3 Å². The summed E-state index contributed by atoms with van der Waals surface area (Å²) in [5, 5.41) is 0. The van der Waals surface area contributed by atoms with Crippen molar-refractivity contribution in [1.29, 1.82) is 0 Å². The van der Waals surface area contributed by atoms with Crippen molar-refractivity contribution in [2.75, 3.05) is 11.4 Å². The highest BCUT2D eigenvalue weighted by molar-refractivity contribution is 6.01. The van der Waals surface area contributed by atoms with E-state index in [1.165, 1.54) is 17.0 Å². The molecule has 2 N–H and O–H groups in total. The topological polar surface area (TPSA) is 78.5 Å². The molecule has 3 rings (SSSR count). The first kappa shape index (κ1) is 17.6. The number of halogens is 1. The van der Waals surface area contributed by atoms with E-state index in [0.717, 1.165) is 5.56 Å². The third kappa shape index (κ3) is 3.72. The van der Waals surface area contributed by atoms with Gasteiger partial charge in [-0.05, 0) is 36.8 Å². The number of nitrogens with one attached hydrogen (secondary N) is 2. The first-order valence-electron chi connectivity index (χ1n) is 8.17. The standard InChI is InChI=1S/C19H18FN3O3/c1-12-7-8-16(15(20)9-12)23-11-14(10-17(23)24)19(26)22-21-18(25)13-5-3-2-4-6-13/h2-9,14H,10-11H2,1H3,(H,21,25)(H,22,26). The zero-order chi connectivity index (χ0) is 18.7. The maximum Gasteiger partial charge on any atom is 0.269 e. The van der Waals surface area contributed by atoms with Crippen LogP contribution in [0.3, 0.4) is 0 Å². The Morgan fingerprint density at radius 2 is 1.85 bits per heavy atom. The van der Waals surface area contributed by atoms with Crippen LogP contribution in [0.15, 0.2) is 48.5 Å². The minimum Gasteiger partial charge on any atom is -0.309 e. The maximum atomic E-state index is 14.1. The van der Waals surface area contributed by atoms with Crippen molar-refractivity contribution in [3.05, 3.63) is 65.5 Å². The molecule has 2 aromatic carbocycles. The monoisotopic (exact) mass is 355 g/mol. The molecule has 1 unspecified atom stereocenters. The van der Waals surface area contributed by atoms with E-state index in [9.17, 15) is 18.8 Å². The van der Waals surface area contributed by atoms with Crippen LogP contribution in [-0.2, 0) is 9.59 Å². The minimum absolute atomic E-state index is 0.0413. The molecule has 0 spiro atoms. The van der Waals surface area contributed by atoms with Crippen LogP contribution in [0, 0.1) is 18.7 Å². The molecule has 7 heteroatoms. The fourth-order valence-electron chi connectivity index (χ4n) is 2.83. The summed E-state index contributed by atoms with van der Waals surface area (Å²) in [4.78, 5) is 37.6. The summed E-state index contributed by atoms with van der Waals surface area (Å²) in [5.41, 5.74) is 5.95. The molecular weight excluding hydrogens is 337 g/mol. The molecule has 6 nitrogen and oxygen atoms in total. The smallest absolute Gasteiger partial charge is 0.269 e. The Bertz CT molecular complexity index is 854. The van der Waals surface area contributed by atoms with Crippen LogP contribution in [-0.4, -0.2) is 24.3 Å². The molecule has 0 saturated carbocycles. The van der Waals surface area contributed by atoms with Crippen molar-refractivity contribution >= 4 is 23.4 Å². The quantitative estimate of drug-likeness (QED) is 0.826. The Balaban J connectivity index is 1.61. The molecule has 134 valence electrons. The summed E-state index contributed by atoms with van der Waals surface area (Å²) in [6, 6.07) is 13.0. The van der Waals surface area contributed by atoms with Gasteiger partial charge in [0.15, 0.2) is 0 Å². The number of amides is 3. The number of anilines is 1. The molecule has 1 aliphatic rings. The molecule has 1 fully saturated rings. The largest absolute Gasteiger partial charge is 0.309 e. The average molecular weight is 355 g/mol. The molecule has 1 saturated heterocycles. The molecule has 1 heterocycles. The zero-order valence-corrected chi connectivity index (χ0v) is 14.2. The lowest BCUT2D eigenvalue weighted by Gasteiger charge is -2.18. The second kappa shape index (κ2) is 7.35. The van der Waals surface area contributed by atoms with E-state index in [0.29, 0.717) is 5.56 Å². The molecule has 0 aliphatic carbocycles. The van der Waals surface area contributed by atoms with Crippen LogP contribution in [0.4, 0.5) is 10.1 Å². The van der Waals surface area contributed by atoms with E-state index in [4.69, 9.17) is 0 Å². The summed E-state index contributed by atoms with van der Waals surface area (Å²) in [6.07, 6.45) is -0.0413. The SMILES string of the molecule is Cc1ccc(N2CC(C(=O)NNC(=O)c3ccccc3)CC2=O)c(F)c1. The van der Waals surface area contributed by atoms with E-state index >= 15 is 0 Å². The Hall–Kier alpha value is -3.22. The van der Waals surface area contributed by atoms with E-state index in [2.05, 4.69) is 10.9 Å². The highest BCUT2D eigenvalue weighted by atomic mass is 19.1. The molecule has 2 aromatic rings. The van der Waals surface area contributed by atoms with Crippen molar-refractivity contribution in [3.8, 4) is 0 Å². The van der Waals surface area contributed by atoms with E-state index in [1.54, 1.807) is 43.3 Å². The first-order valence-corrected chi connectivity index (χ1v) is 8.17. The number of hydrazine groups is 1. The summed E-state index contributed by atoms with van der Waals surface area (Å²) in [7, 11) is 0. The Morgan fingerprint density at radius 3 is 2.54 bits per heavy atom. The summed E-state index contributed by atoms with van der Waals surface area (Å²) < 4.78 is 14.1. The summed E-state index contributed by atoms with van der Waals surface area (Å²) >= 11 is 0. The average Bonchev–Trinajstić information content (AvgIpc) is 3.02. The van der Waals surface area contributed by atoms with Gasteiger partial charge in [0, 0.05) is 18.5 Å². The number of hydrogen-bond acceptors (Lipinski definition) is 3. The van der Waals surface area contributed by atoms with E-state index < -0.39 is 23.5 Å². The highest BCUT2D eigenvalue weighted by Crippen LogP contribution is 2.28. The van der Waals surface area contributed by atoms with Gasteiger partial charge < -0.3 is 4.90 Å². The fraction of sp³-hybridized carbons (Fsp3) is 0.211. The summed E-state index contributed by atoms with van der Waals surface area (Å²) in [6.45, 7) is 1.82. The molecule has 0 aromatic heterocycles. The minimum atomic E-state index is -0.667. The molecule has 1 atom stereocenters. The van der Waals surface area contributed by atoms with Crippen molar-refractivity contribution in [3.63, 3.8) is 0 Å². The van der Waals surface area contributed by atoms with Gasteiger partial charge in [-0.2, -0.15) is 0 Å². The van der Waals surface area contributed by atoms with Crippen LogP contribution in [0.2, 0.25) is 0 Å². The predicted molar refractivity (Wildman–Crippen MR) is 93.6 cm³/mol. The van der Waals surface area contributed by atoms with Gasteiger partial charge >= 0.3 is 0 Å². The number of carbonyl (C=O) groups excluding carboxylic acids is 3. The van der Waals surface area contributed by atoms with Gasteiger partial charge in [-0.3, -0.25) is 25.2 Å². The second-order valence-electron chi connectivity index (χ2n) is 6.17. The fourth-order valence-corrected chi connectivity index (χ4v) is 2.83. The van der Waals surface area contributed by atoms with E-state index in [1.807, 2.05) is 0 Å². The number of carbonyl (C=O) groups is 3. The lowest BCUT2D eigenvalue weighted by atomic mass is 10.1. The lowest BCUT2D eigenvalue weighted by Crippen LogP contribution is -2.45. The van der Waals surface area contributed by atoms with Crippen LogP contribution < -0.4 is 15.8 Å². The Kier molecular flexibility index (Phi) is 4.97. The normalized spacial score (nSPS) is 16.5. The third-order valence-corrected chi connectivity index (χ3v) is 4.23. The Morgan fingerprint density at radius 1 is 1.12 bits per heavy atom. The lowest BCUT2D eigenvalue weighted by molar-refractivity contribution is -0.126. The molecule has 3 amide bonds. The van der Waals surface area contributed by atoms with Gasteiger partial charge in [0.2, 0.25) is 11.8 Å². The van der Waals surface area contributed by atoms with Crippen molar-refractivity contribution < 1.29 is 18.8 Å². The number of nitrogens with zero attached hydrogens (tertiary/aromatic N) is 1. The number of aryl methyl sites for hydroxylation is 1.